The zero-order valence-electron chi connectivity index (χ0n) is 12.3. The maximum atomic E-state index is 5.64. The minimum atomic E-state index is -2.68. The van der Waals surface area contributed by atoms with Crippen LogP contribution >= 0.6 is 0 Å². The summed E-state index contributed by atoms with van der Waals surface area (Å²) in [5.41, 5.74) is 1.37. The van der Waals surface area contributed by atoms with Gasteiger partial charge in [-0.2, -0.15) is 0 Å². The Labute approximate surface area is 117 Å². The Morgan fingerprint density at radius 2 is 1.63 bits per heavy atom. The molecule has 0 aromatic heterocycles. The summed E-state index contributed by atoms with van der Waals surface area (Å²) >= 11 is 0. The molecule has 2 atom stereocenters. The van der Waals surface area contributed by atoms with Crippen LogP contribution in [0.5, 0.6) is 0 Å². The maximum Gasteiger partial charge on any atom is 0.504 e. The molecule has 0 aliphatic carbocycles. The smallest absolute Gasteiger partial charge is 0.377 e. The Kier molecular flexibility index (Phi) is 6.44. The fourth-order valence-electron chi connectivity index (χ4n) is 2.64. The van der Waals surface area contributed by atoms with Crippen LogP contribution in [-0.2, 0) is 13.3 Å². The first-order valence-electron chi connectivity index (χ1n) is 6.52. The topological polar surface area (TPSA) is 27.7 Å². The lowest BCUT2D eigenvalue weighted by Gasteiger charge is -2.35. The van der Waals surface area contributed by atoms with E-state index in [1.807, 2.05) is 24.3 Å². The van der Waals surface area contributed by atoms with E-state index in [4.69, 9.17) is 13.3 Å². The van der Waals surface area contributed by atoms with Crippen molar-refractivity contribution < 1.29 is 13.3 Å². The second-order valence-corrected chi connectivity index (χ2v) is 7.58. The van der Waals surface area contributed by atoms with Gasteiger partial charge in [0.15, 0.2) is 0 Å². The van der Waals surface area contributed by atoms with Gasteiger partial charge in [0.25, 0.3) is 0 Å². The fraction of sp³-hybridized carbons (Fsp3) is 0.467. The quantitative estimate of drug-likeness (QED) is 0.538. The van der Waals surface area contributed by atoms with Crippen LogP contribution in [0.2, 0.25) is 5.54 Å². The van der Waals surface area contributed by atoms with E-state index in [1.54, 1.807) is 21.3 Å². The van der Waals surface area contributed by atoms with Crippen molar-refractivity contribution in [3.05, 3.63) is 48.6 Å². The molecule has 0 bridgehead atoms. The molecule has 3 nitrogen and oxygen atoms in total. The van der Waals surface area contributed by atoms with Crippen molar-refractivity contribution in [1.82, 2.24) is 0 Å². The van der Waals surface area contributed by atoms with E-state index >= 15 is 0 Å². The highest BCUT2D eigenvalue weighted by molar-refractivity contribution is 6.62. The van der Waals surface area contributed by atoms with Gasteiger partial charge in [0, 0.05) is 32.8 Å². The largest absolute Gasteiger partial charge is 0.504 e. The van der Waals surface area contributed by atoms with Crippen molar-refractivity contribution in [2.75, 3.05) is 21.3 Å². The van der Waals surface area contributed by atoms with Crippen LogP contribution in [0.15, 0.2) is 43.0 Å². The van der Waals surface area contributed by atoms with E-state index in [0.29, 0.717) is 0 Å². The van der Waals surface area contributed by atoms with Gasteiger partial charge in [-0.3, -0.25) is 0 Å². The van der Waals surface area contributed by atoms with Crippen LogP contribution in [0.4, 0.5) is 0 Å². The van der Waals surface area contributed by atoms with Crippen LogP contribution in [0.25, 0.3) is 0 Å². The number of allylic oxidation sites excluding steroid dienone is 1. The summed E-state index contributed by atoms with van der Waals surface area (Å²) in [7, 11) is 2.29. The number of rotatable bonds is 8. The molecular formula is C15H24O3Si. The van der Waals surface area contributed by atoms with Crippen molar-refractivity contribution in [3.8, 4) is 0 Å². The molecular weight excluding hydrogens is 256 g/mol. The van der Waals surface area contributed by atoms with Gasteiger partial charge in [-0.15, -0.1) is 6.58 Å². The van der Waals surface area contributed by atoms with Gasteiger partial charge in [-0.05, 0) is 12.0 Å². The SMILES string of the molecule is C=CC(c1ccccc1)C(CC)[Si](OC)(OC)OC. The van der Waals surface area contributed by atoms with Crippen LogP contribution in [0.3, 0.4) is 0 Å². The van der Waals surface area contributed by atoms with Crippen LogP contribution < -0.4 is 0 Å². The number of benzene rings is 1. The van der Waals surface area contributed by atoms with Gasteiger partial charge in [-0.1, -0.05) is 43.3 Å². The predicted octanol–water partition coefficient (Wildman–Crippen LogP) is 3.61. The molecule has 0 aliphatic heterocycles. The first kappa shape index (κ1) is 16.1. The summed E-state index contributed by atoms with van der Waals surface area (Å²) < 4.78 is 16.9. The van der Waals surface area contributed by atoms with E-state index < -0.39 is 8.80 Å². The van der Waals surface area contributed by atoms with Crippen LogP contribution in [0, 0.1) is 0 Å². The zero-order chi connectivity index (χ0) is 14.3. The Bertz CT molecular complexity index is 368. The lowest BCUT2D eigenvalue weighted by molar-refractivity contribution is 0.108. The molecule has 1 aromatic carbocycles. The highest BCUT2D eigenvalue weighted by Gasteiger charge is 2.49. The average Bonchev–Trinajstić information content (AvgIpc) is 2.49. The molecule has 0 saturated heterocycles. The molecule has 106 valence electrons. The Morgan fingerprint density at radius 3 is 2.00 bits per heavy atom. The van der Waals surface area contributed by atoms with E-state index in [1.165, 1.54) is 5.56 Å². The molecule has 0 N–H and O–H groups in total. The fourth-order valence-corrected chi connectivity index (χ4v) is 5.31. The van der Waals surface area contributed by atoms with E-state index in [2.05, 4.69) is 25.6 Å². The molecule has 0 amide bonds. The maximum absolute atomic E-state index is 5.64. The number of hydrogen-bond acceptors (Lipinski definition) is 3. The normalized spacial score (nSPS) is 14.9. The average molecular weight is 280 g/mol. The van der Waals surface area contributed by atoms with Gasteiger partial charge in [0.1, 0.15) is 0 Å². The van der Waals surface area contributed by atoms with Crippen molar-refractivity contribution in [2.24, 2.45) is 0 Å². The first-order valence-corrected chi connectivity index (χ1v) is 8.32. The van der Waals surface area contributed by atoms with Crippen molar-refractivity contribution in [2.45, 2.75) is 24.8 Å². The van der Waals surface area contributed by atoms with Crippen LogP contribution in [-0.4, -0.2) is 30.1 Å². The third-order valence-electron chi connectivity index (χ3n) is 3.62. The van der Waals surface area contributed by atoms with E-state index in [-0.39, 0.29) is 11.5 Å². The summed E-state index contributed by atoms with van der Waals surface area (Å²) in [6.07, 6.45) is 2.87. The summed E-state index contributed by atoms with van der Waals surface area (Å²) in [5, 5.41) is 0. The molecule has 0 spiro atoms. The third kappa shape index (κ3) is 3.33. The second-order valence-electron chi connectivity index (χ2n) is 4.40. The molecule has 0 fully saturated rings. The highest BCUT2D eigenvalue weighted by atomic mass is 28.4. The van der Waals surface area contributed by atoms with Gasteiger partial charge in [0.2, 0.25) is 0 Å². The van der Waals surface area contributed by atoms with Gasteiger partial charge < -0.3 is 13.3 Å². The summed E-state index contributed by atoms with van der Waals surface area (Å²) in [6, 6.07) is 10.3. The summed E-state index contributed by atoms with van der Waals surface area (Å²) in [5.74, 6) is 0.165. The number of hydrogen-bond donors (Lipinski definition) is 0. The molecule has 0 aliphatic rings. The predicted molar refractivity (Wildman–Crippen MR) is 80.2 cm³/mol. The first-order chi connectivity index (χ1) is 9.18. The molecule has 0 heterocycles. The summed E-state index contributed by atoms with van der Waals surface area (Å²) in [6.45, 7) is 6.11. The molecule has 0 saturated carbocycles. The van der Waals surface area contributed by atoms with Crippen molar-refractivity contribution in [3.63, 3.8) is 0 Å². The van der Waals surface area contributed by atoms with E-state index in [0.717, 1.165) is 6.42 Å². The zero-order valence-corrected chi connectivity index (χ0v) is 13.3. The monoisotopic (exact) mass is 280 g/mol. The summed E-state index contributed by atoms with van der Waals surface area (Å²) in [4.78, 5) is 0. The lowest BCUT2D eigenvalue weighted by atomic mass is 9.94. The standard InChI is InChI=1S/C15H24O3Si/c1-6-14(13-11-9-8-10-12-13)15(7-2)19(16-3,17-4)18-5/h6,8-12,14-15H,1,7H2,2-5H3. The molecule has 1 aromatic rings. The van der Waals surface area contributed by atoms with Gasteiger partial charge >= 0.3 is 8.80 Å². The molecule has 2 unspecified atom stereocenters. The van der Waals surface area contributed by atoms with Crippen LogP contribution in [0.1, 0.15) is 24.8 Å². The lowest BCUT2D eigenvalue weighted by Crippen LogP contribution is -2.49. The van der Waals surface area contributed by atoms with Crippen molar-refractivity contribution >= 4 is 8.80 Å². The Hall–Kier alpha value is -0.943. The second kappa shape index (κ2) is 7.60. The van der Waals surface area contributed by atoms with Gasteiger partial charge in [-0.25, -0.2) is 0 Å². The van der Waals surface area contributed by atoms with E-state index in [9.17, 15) is 0 Å². The molecule has 1 rings (SSSR count). The molecule has 4 heteroatoms. The van der Waals surface area contributed by atoms with Gasteiger partial charge in [0.05, 0.1) is 0 Å². The molecule has 19 heavy (non-hydrogen) atoms. The van der Waals surface area contributed by atoms with Crippen molar-refractivity contribution in [1.29, 1.82) is 0 Å². The Morgan fingerprint density at radius 1 is 1.11 bits per heavy atom. The molecule has 0 radical (unpaired) electrons. The third-order valence-corrected chi connectivity index (χ3v) is 7.00. The highest BCUT2D eigenvalue weighted by Crippen LogP contribution is 2.41. The Balaban J connectivity index is 3.15. The minimum absolute atomic E-state index is 0.160. The minimum Gasteiger partial charge on any atom is -0.377 e.